The maximum Gasteiger partial charge on any atom is 0.407 e. The number of amides is 2. The monoisotopic (exact) mass is 400 g/mol. The molecule has 0 aliphatic heterocycles. The van der Waals surface area contributed by atoms with E-state index in [9.17, 15) is 9.59 Å². The van der Waals surface area contributed by atoms with Crippen LogP contribution < -0.4 is 10.6 Å². The molecule has 0 radical (unpaired) electrons. The fourth-order valence-electron chi connectivity index (χ4n) is 1.47. The zero-order chi connectivity index (χ0) is 18.3. The predicted octanol–water partition coefficient (Wildman–Crippen LogP) is 2.20. The molecule has 0 unspecified atom stereocenters. The van der Waals surface area contributed by atoms with Crippen LogP contribution in [0.3, 0.4) is 0 Å². The maximum absolute atomic E-state index is 11.5. The lowest BCUT2D eigenvalue weighted by Crippen LogP contribution is -2.37. The first-order valence-corrected chi connectivity index (χ1v) is 12.6. The van der Waals surface area contributed by atoms with Crippen LogP contribution in [0.5, 0.6) is 0 Å². The average Bonchev–Trinajstić information content (AvgIpc) is 2.60. The van der Waals surface area contributed by atoms with Crippen LogP contribution in [0, 0.1) is 0 Å². The van der Waals surface area contributed by atoms with Crippen molar-refractivity contribution in [1.29, 1.82) is 0 Å². The van der Waals surface area contributed by atoms with Crippen LogP contribution in [0.15, 0.2) is 0 Å². The van der Waals surface area contributed by atoms with Gasteiger partial charge in [-0.3, -0.25) is 0 Å². The molecule has 0 saturated carbocycles. The Hall–Kier alpha value is -0.623. The van der Waals surface area contributed by atoms with E-state index in [2.05, 4.69) is 10.6 Å². The molecular formula is C13H28N2O6S2Si. The molecule has 0 heterocycles. The second-order valence-electron chi connectivity index (χ2n) is 4.74. The Kier molecular flexibility index (Phi) is 14.3. The Bertz CT molecular complexity index is 361. The van der Waals surface area contributed by atoms with E-state index in [1.807, 2.05) is 6.55 Å². The highest BCUT2D eigenvalue weighted by Gasteiger charge is 2.27. The van der Waals surface area contributed by atoms with Gasteiger partial charge in [0.1, 0.15) is 13.2 Å². The highest BCUT2D eigenvalue weighted by molar-refractivity contribution is 8.76. The Morgan fingerprint density at radius 3 is 2.04 bits per heavy atom. The summed E-state index contributed by atoms with van der Waals surface area (Å²) < 4.78 is 20.6. The number of carbonyl (C=O) groups excluding carboxylic acids is 2. The third kappa shape index (κ3) is 12.8. The summed E-state index contributed by atoms with van der Waals surface area (Å²) in [5.41, 5.74) is 0. The fourth-order valence-corrected chi connectivity index (χ4v) is 4.51. The SMILES string of the molecule is CNC(=O)OCCSSCCOC(=O)NCCC[Si](C)(OC)OC. The fraction of sp³-hybridized carbons (Fsp3) is 0.846. The van der Waals surface area contributed by atoms with Crippen LogP contribution in [-0.2, 0) is 18.3 Å². The van der Waals surface area contributed by atoms with Crippen molar-refractivity contribution in [2.75, 3.05) is 52.5 Å². The zero-order valence-corrected chi connectivity index (χ0v) is 17.3. The van der Waals surface area contributed by atoms with Crippen LogP contribution in [-0.4, -0.2) is 73.3 Å². The molecule has 2 N–H and O–H groups in total. The quantitative estimate of drug-likeness (QED) is 0.276. The van der Waals surface area contributed by atoms with Crippen LogP contribution in [0.25, 0.3) is 0 Å². The zero-order valence-electron chi connectivity index (χ0n) is 14.7. The van der Waals surface area contributed by atoms with Gasteiger partial charge in [0.25, 0.3) is 0 Å². The first kappa shape index (κ1) is 23.4. The number of nitrogens with one attached hydrogen (secondary N) is 2. The molecule has 0 rings (SSSR count). The van der Waals surface area contributed by atoms with Crippen LogP contribution in [0.2, 0.25) is 12.6 Å². The molecule has 0 aliphatic rings. The van der Waals surface area contributed by atoms with Gasteiger partial charge in [0.2, 0.25) is 0 Å². The van der Waals surface area contributed by atoms with E-state index >= 15 is 0 Å². The van der Waals surface area contributed by atoms with Crippen molar-refractivity contribution in [3.05, 3.63) is 0 Å². The second kappa shape index (κ2) is 14.7. The summed E-state index contributed by atoms with van der Waals surface area (Å²) in [6.07, 6.45) is -0.0588. The van der Waals surface area contributed by atoms with E-state index in [-0.39, 0.29) is 0 Å². The molecule has 0 saturated heterocycles. The Labute approximate surface area is 152 Å². The molecular weight excluding hydrogens is 372 g/mol. The molecule has 0 bridgehead atoms. The van der Waals surface area contributed by atoms with E-state index < -0.39 is 20.7 Å². The number of carbonyl (C=O) groups is 2. The van der Waals surface area contributed by atoms with Crippen molar-refractivity contribution in [2.45, 2.75) is 19.0 Å². The van der Waals surface area contributed by atoms with Crippen LogP contribution in [0.1, 0.15) is 6.42 Å². The normalized spacial score (nSPS) is 11.0. The largest absolute Gasteiger partial charge is 0.449 e. The topological polar surface area (TPSA) is 95.1 Å². The van der Waals surface area contributed by atoms with E-state index in [0.29, 0.717) is 31.3 Å². The van der Waals surface area contributed by atoms with Gasteiger partial charge in [0.05, 0.1) is 0 Å². The summed E-state index contributed by atoms with van der Waals surface area (Å²) in [6.45, 7) is 3.21. The first-order chi connectivity index (χ1) is 11.5. The van der Waals surface area contributed by atoms with E-state index in [1.54, 1.807) is 35.8 Å². The molecule has 142 valence electrons. The van der Waals surface area contributed by atoms with E-state index in [1.165, 1.54) is 7.05 Å². The number of hydrogen-bond donors (Lipinski definition) is 2. The molecule has 24 heavy (non-hydrogen) atoms. The summed E-state index contributed by atoms with van der Waals surface area (Å²) in [7, 11) is 5.89. The number of ether oxygens (including phenoxy) is 2. The number of alkyl carbamates (subject to hydrolysis) is 2. The van der Waals surface area contributed by atoms with Gasteiger partial charge in [-0.15, -0.1) is 0 Å². The van der Waals surface area contributed by atoms with Crippen molar-refractivity contribution in [3.8, 4) is 0 Å². The van der Waals surface area contributed by atoms with Gasteiger partial charge in [-0.25, -0.2) is 9.59 Å². The molecule has 8 nitrogen and oxygen atoms in total. The minimum atomic E-state index is -2.06. The second-order valence-corrected chi connectivity index (χ2v) is 11.0. The molecule has 0 fully saturated rings. The van der Waals surface area contributed by atoms with Gasteiger partial charge in [-0.05, 0) is 19.0 Å². The average molecular weight is 401 g/mol. The molecule has 0 aromatic carbocycles. The predicted molar refractivity (Wildman–Crippen MR) is 99.7 cm³/mol. The molecule has 2 amide bonds. The van der Waals surface area contributed by atoms with E-state index in [0.717, 1.165) is 12.5 Å². The molecule has 0 aliphatic carbocycles. The lowest BCUT2D eigenvalue weighted by Gasteiger charge is -2.22. The van der Waals surface area contributed by atoms with Gasteiger partial charge in [0, 0.05) is 39.3 Å². The van der Waals surface area contributed by atoms with Gasteiger partial charge >= 0.3 is 20.7 Å². The summed E-state index contributed by atoms with van der Waals surface area (Å²) in [6, 6.07) is 0.810. The number of hydrogen-bond acceptors (Lipinski definition) is 8. The summed E-state index contributed by atoms with van der Waals surface area (Å²) in [4.78, 5) is 22.3. The van der Waals surface area contributed by atoms with Crippen molar-refractivity contribution < 1.29 is 27.9 Å². The highest BCUT2D eigenvalue weighted by atomic mass is 33.1. The van der Waals surface area contributed by atoms with Gasteiger partial charge in [-0.2, -0.15) is 0 Å². The lowest BCUT2D eigenvalue weighted by molar-refractivity contribution is 0.152. The standard InChI is InChI=1S/C13H28N2O6S2Si/c1-14-12(16)20-7-9-22-23-10-8-21-13(17)15-6-5-11-24(4,18-2)19-3/h5-11H2,1-4H3,(H,14,16)(H,15,17). The molecule has 0 spiro atoms. The molecule has 11 heteroatoms. The van der Waals surface area contributed by atoms with Crippen molar-refractivity contribution >= 4 is 42.3 Å². The van der Waals surface area contributed by atoms with Crippen LogP contribution >= 0.6 is 21.6 Å². The smallest absolute Gasteiger partial charge is 0.407 e. The minimum absolute atomic E-state index is 0.336. The Balaban J connectivity index is 3.43. The Morgan fingerprint density at radius 1 is 1.00 bits per heavy atom. The Morgan fingerprint density at radius 2 is 1.54 bits per heavy atom. The lowest BCUT2D eigenvalue weighted by atomic mass is 10.5. The van der Waals surface area contributed by atoms with E-state index in [4.69, 9.17) is 18.3 Å². The number of rotatable bonds is 13. The van der Waals surface area contributed by atoms with Gasteiger partial charge in [0.15, 0.2) is 0 Å². The molecule has 0 aromatic heterocycles. The first-order valence-electron chi connectivity index (χ1n) is 7.57. The third-order valence-electron chi connectivity index (χ3n) is 3.03. The molecule has 0 atom stereocenters. The van der Waals surface area contributed by atoms with Gasteiger partial charge < -0.3 is 29.0 Å². The summed E-state index contributed by atoms with van der Waals surface area (Å²) >= 11 is 0. The van der Waals surface area contributed by atoms with Crippen molar-refractivity contribution in [1.82, 2.24) is 10.6 Å². The van der Waals surface area contributed by atoms with Gasteiger partial charge in [-0.1, -0.05) is 21.6 Å². The maximum atomic E-state index is 11.5. The summed E-state index contributed by atoms with van der Waals surface area (Å²) in [5, 5.41) is 5.07. The highest BCUT2D eigenvalue weighted by Crippen LogP contribution is 2.20. The third-order valence-corrected chi connectivity index (χ3v) is 8.35. The van der Waals surface area contributed by atoms with Crippen molar-refractivity contribution in [3.63, 3.8) is 0 Å². The molecule has 0 aromatic rings. The summed E-state index contributed by atoms with van der Waals surface area (Å²) in [5.74, 6) is 1.36. The minimum Gasteiger partial charge on any atom is -0.449 e. The van der Waals surface area contributed by atoms with Crippen LogP contribution in [0.4, 0.5) is 9.59 Å². The van der Waals surface area contributed by atoms with Crippen molar-refractivity contribution in [2.24, 2.45) is 0 Å².